The molecule has 0 aromatic heterocycles. The largest absolute Gasteiger partial charge is 0.392 e. The lowest BCUT2D eigenvalue weighted by Gasteiger charge is -2.41. The Kier molecular flexibility index (Phi) is 2.14. The van der Waals surface area contributed by atoms with Crippen LogP contribution in [0, 0.1) is 0 Å². The zero-order valence-electron chi connectivity index (χ0n) is 7.00. The average molecular weight is 155 g/mol. The molecular formula is C9H17NO. The van der Waals surface area contributed by atoms with E-state index in [1.807, 2.05) is 0 Å². The van der Waals surface area contributed by atoms with Crippen molar-refractivity contribution in [3.63, 3.8) is 0 Å². The highest BCUT2D eigenvalue weighted by Gasteiger charge is 2.28. The molecule has 0 amide bonds. The standard InChI is InChI=1S/C9H17NO/c11-9-5-2-6-10(7-9)8-3-1-4-8/h8-9,11H,1-7H2/t9-/m1/s1. The van der Waals surface area contributed by atoms with Gasteiger partial charge in [-0.05, 0) is 32.2 Å². The Morgan fingerprint density at radius 1 is 1.09 bits per heavy atom. The van der Waals surface area contributed by atoms with Crippen LogP contribution < -0.4 is 0 Å². The molecule has 1 aliphatic heterocycles. The van der Waals surface area contributed by atoms with Crippen molar-refractivity contribution in [2.24, 2.45) is 0 Å². The lowest BCUT2D eigenvalue weighted by atomic mass is 9.90. The fourth-order valence-corrected chi connectivity index (χ4v) is 2.07. The van der Waals surface area contributed by atoms with E-state index in [1.54, 1.807) is 0 Å². The van der Waals surface area contributed by atoms with Crippen LogP contribution in [0.5, 0.6) is 0 Å². The molecule has 0 bridgehead atoms. The summed E-state index contributed by atoms with van der Waals surface area (Å²) in [5.74, 6) is 0. The summed E-state index contributed by atoms with van der Waals surface area (Å²) in [5.41, 5.74) is 0. The van der Waals surface area contributed by atoms with Gasteiger partial charge in [0.1, 0.15) is 0 Å². The molecule has 2 heteroatoms. The van der Waals surface area contributed by atoms with E-state index in [0.29, 0.717) is 0 Å². The summed E-state index contributed by atoms with van der Waals surface area (Å²) < 4.78 is 0. The predicted molar refractivity (Wildman–Crippen MR) is 44.5 cm³/mol. The van der Waals surface area contributed by atoms with Gasteiger partial charge in [-0.3, -0.25) is 4.90 Å². The minimum atomic E-state index is -0.0376. The molecule has 1 aliphatic carbocycles. The second-order valence-corrected chi connectivity index (χ2v) is 3.88. The van der Waals surface area contributed by atoms with E-state index in [0.717, 1.165) is 19.0 Å². The second kappa shape index (κ2) is 3.11. The zero-order chi connectivity index (χ0) is 7.68. The van der Waals surface area contributed by atoms with E-state index < -0.39 is 0 Å². The van der Waals surface area contributed by atoms with Gasteiger partial charge in [-0.1, -0.05) is 6.42 Å². The average Bonchev–Trinajstić information content (AvgIpc) is 1.83. The highest BCUT2D eigenvalue weighted by Crippen LogP contribution is 2.27. The highest BCUT2D eigenvalue weighted by atomic mass is 16.3. The van der Waals surface area contributed by atoms with Crippen molar-refractivity contribution in [2.45, 2.75) is 44.2 Å². The van der Waals surface area contributed by atoms with Gasteiger partial charge >= 0.3 is 0 Å². The normalized spacial score (nSPS) is 35.2. The van der Waals surface area contributed by atoms with Crippen molar-refractivity contribution in [2.75, 3.05) is 13.1 Å². The third-order valence-electron chi connectivity index (χ3n) is 3.02. The molecule has 0 radical (unpaired) electrons. The van der Waals surface area contributed by atoms with Crippen LogP contribution in [0.25, 0.3) is 0 Å². The molecule has 1 saturated heterocycles. The fourth-order valence-electron chi connectivity index (χ4n) is 2.07. The SMILES string of the molecule is O[C@@H]1CCCN(C2CCC2)C1. The van der Waals surface area contributed by atoms with Crippen molar-refractivity contribution in [1.82, 2.24) is 4.90 Å². The number of hydrogen-bond donors (Lipinski definition) is 1. The van der Waals surface area contributed by atoms with Crippen LogP contribution in [-0.4, -0.2) is 35.2 Å². The van der Waals surface area contributed by atoms with Gasteiger partial charge in [0.15, 0.2) is 0 Å². The minimum Gasteiger partial charge on any atom is -0.392 e. The van der Waals surface area contributed by atoms with Crippen LogP contribution >= 0.6 is 0 Å². The Balaban J connectivity index is 1.82. The lowest BCUT2D eigenvalue weighted by molar-refractivity contribution is 0.0240. The van der Waals surface area contributed by atoms with Gasteiger partial charge in [0.25, 0.3) is 0 Å². The van der Waals surface area contributed by atoms with Crippen LogP contribution in [0.1, 0.15) is 32.1 Å². The quantitative estimate of drug-likeness (QED) is 0.610. The molecule has 1 saturated carbocycles. The third kappa shape index (κ3) is 1.57. The number of aliphatic hydroxyl groups is 1. The number of β-amino-alcohol motifs (C(OH)–C–C–N with tert-alkyl or cyclic N) is 1. The summed E-state index contributed by atoms with van der Waals surface area (Å²) in [6, 6.07) is 0.824. The van der Waals surface area contributed by atoms with Gasteiger partial charge in [-0.15, -0.1) is 0 Å². The first-order valence-electron chi connectivity index (χ1n) is 4.78. The Hall–Kier alpha value is -0.0800. The first-order chi connectivity index (χ1) is 5.36. The van der Waals surface area contributed by atoms with E-state index in [1.165, 1.54) is 32.2 Å². The second-order valence-electron chi connectivity index (χ2n) is 3.88. The molecule has 2 nitrogen and oxygen atoms in total. The van der Waals surface area contributed by atoms with E-state index in [9.17, 15) is 5.11 Å². The number of aliphatic hydroxyl groups excluding tert-OH is 1. The molecule has 2 rings (SSSR count). The first kappa shape index (κ1) is 7.56. The molecule has 0 aromatic rings. The van der Waals surface area contributed by atoms with Crippen molar-refractivity contribution in [3.8, 4) is 0 Å². The molecule has 1 atom stereocenters. The first-order valence-corrected chi connectivity index (χ1v) is 4.78. The van der Waals surface area contributed by atoms with Crippen molar-refractivity contribution >= 4 is 0 Å². The summed E-state index contributed by atoms with van der Waals surface area (Å²) in [6.45, 7) is 2.16. The Morgan fingerprint density at radius 2 is 1.91 bits per heavy atom. The summed E-state index contributed by atoms with van der Waals surface area (Å²) >= 11 is 0. The number of hydrogen-bond acceptors (Lipinski definition) is 2. The van der Waals surface area contributed by atoms with E-state index in [4.69, 9.17) is 0 Å². The van der Waals surface area contributed by atoms with Gasteiger partial charge in [0.2, 0.25) is 0 Å². The molecule has 1 heterocycles. The smallest absolute Gasteiger partial charge is 0.0667 e. The predicted octanol–water partition coefficient (Wildman–Crippen LogP) is 0.996. The fraction of sp³-hybridized carbons (Fsp3) is 1.00. The summed E-state index contributed by atoms with van der Waals surface area (Å²) in [6.07, 6.45) is 6.31. The summed E-state index contributed by atoms with van der Waals surface area (Å²) in [4.78, 5) is 2.47. The van der Waals surface area contributed by atoms with Gasteiger partial charge in [0, 0.05) is 12.6 Å². The Morgan fingerprint density at radius 3 is 2.45 bits per heavy atom. The monoisotopic (exact) mass is 155 g/mol. The molecule has 2 aliphatic rings. The van der Waals surface area contributed by atoms with Crippen LogP contribution in [-0.2, 0) is 0 Å². The van der Waals surface area contributed by atoms with Crippen LogP contribution in [0.3, 0.4) is 0 Å². The van der Waals surface area contributed by atoms with Gasteiger partial charge in [0.05, 0.1) is 6.10 Å². The van der Waals surface area contributed by atoms with E-state index in [-0.39, 0.29) is 6.10 Å². The van der Waals surface area contributed by atoms with Crippen LogP contribution in [0.2, 0.25) is 0 Å². The zero-order valence-corrected chi connectivity index (χ0v) is 7.00. The van der Waals surface area contributed by atoms with Crippen molar-refractivity contribution in [3.05, 3.63) is 0 Å². The van der Waals surface area contributed by atoms with Crippen molar-refractivity contribution < 1.29 is 5.11 Å². The van der Waals surface area contributed by atoms with Crippen LogP contribution in [0.4, 0.5) is 0 Å². The molecule has 2 fully saturated rings. The van der Waals surface area contributed by atoms with Crippen LogP contribution in [0.15, 0.2) is 0 Å². The summed E-state index contributed by atoms with van der Waals surface area (Å²) in [7, 11) is 0. The summed E-state index contributed by atoms with van der Waals surface area (Å²) in [5, 5.41) is 9.41. The third-order valence-corrected chi connectivity index (χ3v) is 3.02. The van der Waals surface area contributed by atoms with Gasteiger partial charge in [-0.2, -0.15) is 0 Å². The van der Waals surface area contributed by atoms with Gasteiger partial charge < -0.3 is 5.11 Å². The maximum Gasteiger partial charge on any atom is 0.0667 e. The topological polar surface area (TPSA) is 23.5 Å². The van der Waals surface area contributed by atoms with Crippen molar-refractivity contribution in [1.29, 1.82) is 0 Å². The molecule has 1 N–H and O–H groups in total. The van der Waals surface area contributed by atoms with Gasteiger partial charge in [-0.25, -0.2) is 0 Å². The van der Waals surface area contributed by atoms with E-state index >= 15 is 0 Å². The Labute approximate surface area is 68.2 Å². The molecule has 11 heavy (non-hydrogen) atoms. The molecule has 0 spiro atoms. The minimum absolute atomic E-state index is 0.0376. The number of likely N-dealkylation sites (tertiary alicyclic amines) is 1. The molecule has 0 aromatic carbocycles. The lowest BCUT2D eigenvalue weighted by Crippen LogP contribution is -2.47. The maximum absolute atomic E-state index is 9.41. The maximum atomic E-state index is 9.41. The molecular weight excluding hydrogens is 138 g/mol. The number of piperidine rings is 1. The molecule has 64 valence electrons. The van der Waals surface area contributed by atoms with E-state index in [2.05, 4.69) is 4.90 Å². The highest BCUT2D eigenvalue weighted by molar-refractivity contribution is 4.83. The number of nitrogens with zero attached hydrogens (tertiary/aromatic N) is 1. The Bertz CT molecular complexity index is 134. The number of rotatable bonds is 1. The molecule has 0 unspecified atom stereocenters.